The number of carbonyl (C=O) groups is 1. The molecule has 1 unspecified atom stereocenters. The fourth-order valence-corrected chi connectivity index (χ4v) is 3.09. The molecule has 0 aromatic carbocycles. The molecule has 0 aliphatic heterocycles. The average molecular weight is 284 g/mol. The zero-order chi connectivity index (χ0) is 15.0. The number of carbonyl (C=O) groups excluding carboxylic acids is 1. The summed E-state index contributed by atoms with van der Waals surface area (Å²) in [6, 6.07) is 0.736. The third kappa shape index (κ3) is 5.41. The zero-order valence-corrected chi connectivity index (χ0v) is 13.5. The Labute approximate surface area is 124 Å². The van der Waals surface area contributed by atoms with Gasteiger partial charge in [0.1, 0.15) is 5.54 Å². The zero-order valence-electron chi connectivity index (χ0n) is 13.5. The molecule has 0 spiro atoms. The van der Waals surface area contributed by atoms with E-state index < -0.39 is 5.54 Å². The van der Waals surface area contributed by atoms with Crippen LogP contribution < -0.4 is 5.73 Å². The van der Waals surface area contributed by atoms with Crippen LogP contribution in [0.2, 0.25) is 0 Å². The minimum atomic E-state index is -0.845. The van der Waals surface area contributed by atoms with Crippen LogP contribution in [0.4, 0.5) is 0 Å². The van der Waals surface area contributed by atoms with E-state index in [1.807, 2.05) is 6.92 Å². The molecule has 0 heterocycles. The summed E-state index contributed by atoms with van der Waals surface area (Å²) >= 11 is 0. The van der Waals surface area contributed by atoms with Crippen molar-refractivity contribution < 1.29 is 9.53 Å². The van der Waals surface area contributed by atoms with Gasteiger partial charge < -0.3 is 15.4 Å². The quantitative estimate of drug-likeness (QED) is 0.696. The third-order valence-corrected chi connectivity index (χ3v) is 4.38. The Kier molecular flexibility index (Phi) is 7.52. The number of nitrogens with two attached hydrogens (primary N) is 1. The fourth-order valence-electron chi connectivity index (χ4n) is 3.09. The molecule has 1 fully saturated rings. The summed E-state index contributed by atoms with van der Waals surface area (Å²) in [5.41, 5.74) is 5.21. The number of hydrogen-bond donors (Lipinski definition) is 1. The van der Waals surface area contributed by atoms with Gasteiger partial charge in [-0.05, 0) is 52.6 Å². The molecule has 0 amide bonds. The maximum Gasteiger partial charge on any atom is 0.325 e. The molecular weight excluding hydrogens is 252 g/mol. The summed E-state index contributed by atoms with van der Waals surface area (Å²) in [6.45, 7) is 8.34. The molecule has 0 saturated heterocycles. The Morgan fingerprint density at radius 2 is 1.95 bits per heavy atom. The Bertz CT molecular complexity index is 286. The molecule has 4 heteroatoms. The number of rotatable bonds is 8. The van der Waals surface area contributed by atoms with Gasteiger partial charge >= 0.3 is 5.97 Å². The first-order valence-corrected chi connectivity index (χ1v) is 8.21. The first-order valence-electron chi connectivity index (χ1n) is 8.21. The molecular formula is C16H32N2O2. The van der Waals surface area contributed by atoms with Crippen LogP contribution >= 0.6 is 0 Å². The molecule has 118 valence electrons. The molecule has 4 nitrogen and oxygen atoms in total. The minimum absolute atomic E-state index is 0.277. The molecule has 1 saturated carbocycles. The second-order valence-corrected chi connectivity index (χ2v) is 6.16. The topological polar surface area (TPSA) is 55.6 Å². The van der Waals surface area contributed by atoms with Crippen LogP contribution in [-0.4, -0.2) is 42.1 Å². The highest BCUT2D eigenvalue weighted by molar-refractivity contribution is 5.79. The van der Waals surface area contributed by atoms with Crippen LogP contribution in [0, 0.1) is 0 Å². The van der Waals surface area contributed by atoms with Crippen molar-refractivity contribution in [1.82, 2.24) is 4.90 Å². The first-order chi connectivity index (χ1) is 9.51. The van der Waals surface area contributed by atoms with E-state index in [1.165, 1.54) is 32.1 Å². The van der Waals surface area contributed by atoms with Crippen LogP contribution in [0.5, 0.6) is 0 Å². The van der Waals surface area contributed by atoms with Gasteiger partial charge in [-0.2, -0.15) is 0 Å². The highest BCUT2D eigenvalue weighted by Gasteiger charge is 2.29. The highest BCUT2D eigenvalue weighted by Crippen LogP contribution is 2.23. The van der Waals surface area contributed by atoms with Crippen LogP contribution in [0.1, 0.15) is 65.7 Å². The summed E-state index contributed by atoms with van der Waals surface area (Å²) in [4.78, 5) is 14.3. The number of hydrogen-bond acceptors (Lipinski definition) is 4. The largest absolute Gasteiger partial charge is 0.465 e. The first kappa shape index (κ1) is 17.4. The van der Waals surface area contributed by atoms with Crippen molar-refractivity contribution in [2.75, 3.05) is 19.7 Å². The van der Waals surface area contributed by atoms with Gasteiger partial charge in [-0.3, -0.25) is 4.79 Å². The Balaban J connectivity index is 2.34. The summed E-state index contributed by atoms with van der Waals surface area (Å²) in [5, 5.41) is 0. The highest BCUT2D eigenvalue weighted by atomic mass is 16.5. The molecule has 1 aliphatic rings. The van der Waals surface area contributed by atoms with Gasteiger partial charge in [0.05, 0.1) is 6.61 Å². The van der Waals surface area contributed by atoms with Crippen LogP contribution in [-0.2, 0) is 9.53 Å². The van der Waals surface area contributed by atoms with Crippen LogP contribution in [0.3, 0.4) is 0 Å². The van der Waals surface area contributed by atoms with E-state index in [9.17, 15) is 4.79 Å². The second kappa shape index (κ2) is 8.63. The van der Waals surface area contributed by atoms with Crippen molar-refractivity contribution in [3.8, 4) is 0 Å². The Morgan fingerprint density at radius 3 is 2.50 bits per heavy atom. The summed E-state index contributed by atoms with van der Waals surface area (Å²) < 4.78 is 5.03. The molecule has 2 N–H and O–H groups in total. The van der Waals surface area contributed by atoms with E-state index >= 15 is 0 Å². The fraction of sp³-hybridized carbons (Fsp3) is 0.938. The number of nitrogens with zero attached hydrogens (tertiary/aromatic N) is 1. The van der Waals surface area contributed by atoms with E-state index in [-0.39, 0.29) is 5.97 Å². The number of ether oxygens (including phenoxy) is 1. The molecule has 0 bridgehead atoms. The molecule has 1 aliphatic carbocycles. The molecule has 1 atom stereocenters. The predicted octanol–water partition coefficient (Wildman–Crippen LogP) is 2.70. The standard InChI is InChI=1S/C16H32N2O2/c1-4-18(14-10-7-6-8-11-14)13-9-12-16(3,17)15(19)20-5-2/h14H,4-13,17H2,1-3H3. The van der Waals surface area contributed by atoms with E-state index in [4.69, 9.17) is 10.5 Å². The van der Waals surface area contributed by atoms with Crippen molar-refractivity contribution in [2.45, 2.75) is 77.3 Å². The van der Waals surface area contributed by atoms with E-state index in [0.717, 1.165) is 25.6 Å². The lowest BCUT2D eigenvalue weighted by atomic mass is 9.93. The van der Waals surface area contributed by atoms with Gasteiger partial charge in [-0.15, -0.1) is 0 Å². The molecule has 20 heavy (non-hydrogen) atoms. The van der Waals surface area contributed by atoms with Crippen LogP contribution in [0.25, 0.3) is 0 Å². The molecule has 0 aromatic heterocycles. The van der Waals surface area contributed by atoms with Crippen molar-refractivity contribution >= 4 is 5.97 Å². The smallest absolute Gasteiger partial charge is 0.325 e. The van der Waals surface area contributed by atoms with Crippen molar-refractivity contribution in [1.29, 1.82) is 0 Å². The summed E-state index contributed by atoms with van der Waals surface area (Å²) in [6.07, 6.45) is 8.40. The van der Waals surface area contributed by atoms with Crippen molar-refractivity contribution in [2.24, 2.45) is 5.73 Å². The maximum absolute atomic E-state index is 11.8. The third-order valence-electron chi connectivity index (χ3n) is 4.38. The lowest BCUT2D eigenvalue weighted by Crippen LogP contribution is -2.47. The van der Waals surface area contributed by atoms with Crippen molar-refractivity contribution in [3.05, 3.63) is 0 Å². The summed E-state index contributed by atoms with van der Waals surface area (Å²) in [5.74, 6) is -0.277. The maximum atomic E-state index is 11.8. The average Bonchev–Trinajstić information content (AvgIpc) is 2.45. The normalized spacial score (nSPS) is 19.9. The van der Waals surface area contributed by atoms with E-state index in [0.29, 0.717) is 13.0 Å². The lowest BCUT2D eigenvalue weighted by Gasteiger charge is -2.34. The number of esters is 1. The lowest BCUT2D eigenvalue weighted by molar-refractivity contribution is -0.149. The van der Waals surface area contributed by atoms with E-state index in [1.54, 1.807) is 6.92 Å². The molecule has 1 rings (SSSR count). The van der Waals surface area contributed by atoms with Gasteiger partial charge in [0.2, 0.25) is 0 Å². The second-order valence-electron chi connectivity index (χ2n) is 6.16. The predicted molar refractivity (Wildman–Crippen MR) is 82.6 cm³/mol. The molecule has 0 radical (unpaired) electrons. The van der Waals surface area contributed by atoms with Crippen molar-refractivity contribution in [3.63, 3.8) is 0 Å². The summed E-state index contributed by atoms with van der Waals surface area (Å²) in [7, 11) is 0. The van der Waals surface area contributed by atoms with E-state index in [2.05, 4.69) is 11.8 Å². The monoisotopic (exact) mass is 284 g/mol. The van der Waals surface area contributed by atoms with Gasteiger partial charge in [-0.1, -0.05) is 26.2 Å². The molecule has 0 aromatic rings. The Hall–Kier alpha value is -0.610. The SMILES string of the molecule is CCOC(=O)C(C)(N)CCCN(CC)C1CCCCC1. The Morgan fingerprint density at radius 1 is 1.30 bits per heavy atom. The van der Waals surface area contributed by atoms with Gasteiger partial charge in [-0.25, -0.2) is 0 Å². The van der Waals surface area contributed by atoms with Gasteiger partial charge in [0.25, 0.3) is 0 Å². The van der Waals surface area contributed by atoms with Gasteiger partial charge in [0, 0.05) is 6.04 Å². The minimum Gasteiger partial charge on any atom is -0.465 e. The van der Waals surface area contributed by atoms with Gasteiger partial charge in [0.15, 0.2) is 0 Å². The van der Waals surface area contributed by atoms with Crippen LogP contribution in [0.15, 0.2) is 0 Å².